The summed E-state index contributed by atoms with van der Waals surface area (Å²) < 4.78 is 10.7. The summed E-state index contributed by atoms with van der Waals surface area (Å²) in [5, 5.41) is 30.1. The van der Waals surface area contributed by atoms with Crippen molar-refractivity contribution in [3.05, 3.63) is 30.6 Å². The number of fused-ring (bicyclic) bond motifs is 1. The number of amidine groups is 1. The number of benzene rings is 1. The maximum Gasteiger partial charge on any atom is 0.301 e. The van der Waals surface area contributed by atoms with Crippen molar-refractivity contribution in [1.29, 1.82) is 0 Å². The molecule has 3 heterocycles. The number of nitrogens with zero attached hydrogens (tertiary/aromatic N) is 5. The third-order valence-corrected chi connectivity index (χ3v) is 5.64. The Morgan fingerprint density at radius 1 is 1.17 bits per heavy atom. The van der Waals surface area contributed by atoms with Gasteiger partial charge < -0.3 is 25.0 Å². The van der Waals surface area contributed by atoms with Crippen LogP contribution >= 0.6 is 0 Å². The standard InChI is InChI=1S/C20H27N6O4/c1-29-16-11-15(12-17(13-16)30-2)22-19-23-18-14-21-6-9-26(18,24-19)25-7-3-20(28,4-8-25)5-10-27/h6,9,11-14,27-28H,3-5,7-8,10H2,1-2H3,(H,22,24)/q+1. The first-order valence-corrected chi connectivity index (χ1v) is 9.88. The minimum atomic E-state index is -0.837. The van der Waals surface area contributed by atoms with E-state index >= 15 is 0 Å². The SMILES string of the molecule is COc1cc(NC2=N[N+]3(N4CCC(O)(CCO)CC4)C=CN=CC3=N2)cc(OC)c1. The third-order valence-electron chi connectivity index (χ3n) is 5.64. The van der Waals surface area contributed by atoms with Gasteiger partial charge >= 0.3 is 5.84 Å². The Labute approximate surface area is 175 Å². The lowest BCUT2D eigenvalue weighted by atomic mass is 9.89. The molecule has 1 aromatic carbocycles. The number of aliphatic hydroxyl groups is 2. The Balaban J connectivity index is 1.58. The molecule has 3 aliphatic heterocycles. The van der Waals surface area contributed by atoms with Gasteiger partial charge in [-0.3, -0.25) is 4.99 Å². The highest BCUT2D eigenvalue weighted by molar-refractivity contribution is 6.30. The molecule has 0 aromatic heterocycles. The highest BCUT2D eigenvalue weighted by Crippen LogP contribution is 2.33. The summed E-state index contributed by atoms with van der Waals surface area (Å²) in [5.41, 5.74) is -0.0972. The van der Waals surface area contributed by atoms with Gasteiger partial charge in [-0.05, 0) is 29.1 Å². The van der Waals surface area contributed by atoms with Crippen molar-refractivity contribution in [1.82, 2.24) is 5.01 Å². The lowest BCUT2D eigenvalue weighted by molar-refractivity contribution is -0.919. The second kappa shape index (κ2) is 8.15. The molecule has 3 aliphatic rings. The number of nitrogens with one attached hydrogen (secondary N) is 1. The molecule has 0 radical (unpaired) electrons. The molecule has 1 fully saturated rings. The zero-order valence-corrected chi connectivity index (χ0v) is 17.2. The molecular weight excluding hydrogens is 388 g/mol. The zero-order chi connectivity index (χ0) is 21.2. The molecule has 0 spiro atoms. The second-order valence-corrected chi connectivity index (χ2v) is 7.50. The Hall–Kier alpha value is -2.79. The minimum Gasteiger partial charge on any atom is -0.497 e. The average Bonchev–Trinajstić information content (AvgIpc) is 3.12. The van der Waals surface area contributed by atoms with E-state index in [0.717, 1.165) is 5.69 Å². The van der Waals surface area contributed by atoms with E-state index in [0.29, 0.717) is 55.6 Å². The summed E-state index contributed by atoms with van der Waals surface area (Å²) in [6.45, 7) is 1.20. The lowest BCUT2D eigenvalue weighted by Crippen LogP contribution is -2.61. The predicted molar refractivity (Wildman–Crippen MR) is 113 cm³/mol. The van der Waals surface area contributed by atoms with Crippen molar-refractivity contribution >= 4 is 23.7 Å². The number of ether oxygens (including phenoxy) is 2. The van der Waals surface area contributed by atoms with Crippen molar-refractivity contribution < 1.29 is 24.4 Å². The molecule has 30 heavy (non-hydrogen) atoms. The first kappa shape index (κ1) is 20.5. The third kappa shape index (κ3) is 3.82. The van der Waals surface area contributed by atoms with Crippen LogP contribution in [0.15, 0.2) is 45.7 Å². The molecule has 1 aromatic rings. The summed E-state index contributed by atoms with van der Waals surface area (Å²) in [7, 11) is 3.20. The van der Waals surface area contributed by atoms with E-state index in [1.807, 2.05) is 18.3 Å². The molecule has 160 valence electrons. The summed E-state index contributed by atoms with van der Waals surface area (Å²) >= 11 is 0. The van der Waals surface area contributed by atoms with Crippen LogP contribution in [-0.4, -0.2) is 77.4 Å². The molecule has 0 saturated carbocycles. The number of hydrogen-bond donors (Lipinski definition) is 3. The smallest absolute Gasteiger partial charge is 0.301 e. The topological polar surface area (TPSA) is 111 Å². The van der Waals surface area contributed by atoms with E-state index in [2.05, 4.69) is 20.3 Å². The van der Waals surface area contributed by atoms with Gasteiger partial charge in [-0.25, -0.2) is 0 Å². The van der Waals surface area contributed by atoms with Crippen molar-refractivity contribution in [3.8, 4) is 11.5 Å². The van der Waals surface area contributed by atoms with E-state index in [-0.39, 0.29) is 11.3 Å². The fourth-order valence-corrected chi connectivity index (χ4v) is 3.90. The van der Waals surface area contributed by atoms with Crippen molar-refractivity contribution in [3.63, 3.8) is 0 Å². The highest BCUT2D eigenvalue weighted by atomic mass is 16.5. The number of aliphatic hydroxyl groups excluding tert-OH is 1. The molecule has 1 unspecified atom stereocenters. The number of aliphatic imine (C=N–C) groups is 2. The Bertz CT molecular complexity index is 898. The van der Waals surface area contributed by atoms with Gasteiger partial charge in [-0.15, -0.1) is 10.0 Å². The largest absolute Gasteiger partial charge is 0.497 e. The van der Waals surface area contributed by atoms with E-state index in [1.54, 1.807) is 32.7 Å². The molecule has 3 N–H and O–H groups in total. The fraction of sp³-hybridized carbons (Fsp3) is 0.450. The number of piperidine rings is 1. The molecule has 10 nitrogen and oxygen atoms in total. The minimum absolute atomic E-state index is 0.0218. The maximum atomic E-state index is 10.6. The van der Waals surface area contributed by atoms with E-state index in [9.17, 15) is 10.2 Å². The molecule has 0 bridgehead atoms. The summed E-state index contributed by atoms with van der Waals surface area (Å²) in [6.07, 6.45) is 6.75. The van der Waals surface area contributed by atoms with Crippen LogP contribution in [0.1, 0.15) is 19.3 Å². The van der Waals surface area contributed by atoms with Crippen LogP contribution in [-0.2, 0) is 0 Å². The molecule has 0 aliphatic carbocycles. The molecule has 1 saturated heterocycles. The van der Waals surface area contributed by atoms with Crippen molar-refractivity contribution in [2.45, 2.75) is 24.9 Å². The van der Waals surface area contributed by atoms with Crippen molar-refractivity contribution in [2.24, 2.45) is 15.1 Å². The first-order valence-electron chi connectivity index (χ1n) is 9.88. The number of guanidine groups is 1. The van der Waals surface area contributed by atoms with Gasteiger partial charge in [0.15, 0.2) is 6.20 Å². The van der Waals surface area contributed by atoms with E-state index < -0.39 is 5.60 Å². The Morgan fingerprint density at radius 3 is 2.50 bits per heavy atom. The number of anilines is 1. The van der Waals surface area contributed by atoms with Gasteiger partial charge in [0.05, 0.1) is 39.1 Å². The quantitative estimate of drug-likeness (QED) is 0.604. The Kier molecular flexibility index (Phi) is 5.56. The van der Waals surface area contributed by atoms with E-state index in [4.69, 9.17) is 14.6 Å². The normalized spacial score (nSPS) is 24.8. The number of quaternary nitrogens is 1. The van der Waals surface area contributed by atoms with Gasteiger partial charge in [0.25, 0.3) is 5.96 Å². The Morgan fingerprint density at radius 2 is 1.87 bits per heavy atom. The summed E-state index contributed by atoms with van der Waals surface area (Å²) in [4.78, 5) is 8.85. The molecular formula is C20H27N6O4+. The van der Waals surface area contributed by atoms with Gasteiger partial charge in [-0.1, -0.05) is 0 Å². The molecule has 0 amide bonds. The van der Waals surface area contributed by atoms with Gasteiger partial charge in [-0.2, -0.15) is 0 Å². The van der Waals surface area contributed by atoms with Crippen LogP contribution in [0.25, 0.3) is 0 Å². The fourth-order valence-electron chi connectivity index (χ4n) is 3.90. The molecule has 10 heteroatoms. The second-order valence-electron chi connectivity index (χ2n) is 7.50. The lowest BCUT2D eigenvalue weighted by Gasteiger charge is -2.42. The number of hydrogen-bond acceptors (Lipinski definition) is 9. The van der Waals surface area contributed by atoms with E-state index in [1.165, 1.54) is 0 Å². The van der Waals surface area contributed by atoms with Gasteiger partial charge in [0, 0.05) is 30.5 Å². The van der Waals surface area contributed by atoms with Crippen LogP contribution in [0.4, 0.5) is 5.69 Å². The number of rotatable bonds is 6. The summed E-state index contributed by atoms with van der Waals surface area (Å²) in [5.74, 6) is 2.42. The number of methoxy groups -OCH3 is 2. The monoisotopic (exact) mass is 415 g/mol. The molecule has 4 rings (SSSR count). The van der Waals surface area contributed by atoms with Crippen LogP contribution in [0.2, 0.25) is 0 Å². The van der Waals surface area contributed by atoms with Gasteiger partial charge in [0.1, 0.15) is 17.7 Å². The van der Waals surface area contributed by atoms with Crippen LogP contribution in [0.3, 0.4) is 0 Å². The van der Waals surface area contributed by atoms with Crippen LogP contribution in [0, 0.1) is 0 Å². The average molecular weight is 415 g/mol. The van der Waals surface area contributed by atoms with Crippen LogP contribution in [0.5, 0.6) is 11.5 Å². The highest BCUT2D eigenvalue weighted by Gasteiger charge is 2.49. The summed E-state index contributed by atoms with van der Waals surface area (Å²) in [6, 6.07) is 5.47. The zero-order valence-electron chi connectivity index (χ0n) is 17.2. The maximum absolute atomic E-state index is 10.6. The predicted octanol–water partition coefficient (Wildman–Crippen LogP) is 1.30. The van der Waals surface area contributed by atoms with Gasteiger partial charge in [0.2, 0.25) is 0 Å². The molecule has 1 atom stereocenters. The first-order chi connectivity index (χ1) is 14.5. The van der Waals surface area contributed by atoms with Crippen molar-refractivity contribution in [2.75, 3.05) is 39.2 Å². The van der Waals surface area contributed by atoms with Crippen LogP contribution < -0.4 is 14.8 Å².